The minimum atomic E-state index is 0.322. The lowest BCUT2D eigenvalue weighted by Gasteiger charge is -2.12. The smallest absolute Gasteiger partial charge is 0.0954 e. The van der Waals surface area contributed by atoms with Crippen LogP contribution >= 0.6 is 23.1 Å². The monoisotopic (exact) mass is 267 g/mol. The maximum Gasteiger partial charge on any atom is 0.0954 e. The van der Waals surface area contributed by atoms with E-state index in [1.54, 1.807) is 11.3 Å². The van der Waals surface area contributed by atoms with Crippen molar-refractivity contribution in [3.8, 4) is 0 Å². The van der Waals surface area contributed by atoms with Gasteiger partial charge in [0.25, 0.3) is 0 Å². The predicted octanol–water partition coefficient (Wildman–Crippen LogP) is 2.42. The molecule has 17 heavy (non-hydrogen) atoms. The molecule has 0 radical (unpaired) electrons. The number of aromatic nitrogens is 1. The number of thiazole rings is 1. The maximum absolute atomic E-state index is 5.57. The second-order valence-electron chi connectivity index (χ2n) is 3.92. The molecule has 0 amide bonds. The van der Waals surface area contributed by atoms with Crippen LogP contribution in [0, 0.1) is 0 Å². The fourth-order valence-corrected chi connectivity index (χ4v) is 3.29. The third-order valence-corrected chi connectivity index (χ3v) is 4.37. The van der Waals surface area contributed by atoms with Gasteiger partial charge >= 0.3 is 0 Å². The molecule has 0 aliphatic carbocycles. The lowest BCUT2D eigenvalue weighted by molar-refractivity contribution is 0.514. The molecule has 92 valence electrons. The topological polar surface area (TPSA) is 50.9 Å². The van der Waals surface area contributed by atoms with Gasteiger partial charge in [-0.25, -0.2) is 4.98 Å². The summed E-state index contributed by atoms with van der Waals surface area (Å²) in [6.45, 7) is 0. The van der Waals surface area contributed by atoms with Crippen LogP contribution < -0.4 is 11.3 Å². The minimum absolute atomic E-state index is 0.322. The number of benzene rings is 1. The Hall–Kier alpha value is -0.620. The average Bonchev–Trinajstić information content (AvgIpc) is 2.76. The Morgan fingerprint density at radius 3 is 3.00 bits per heavy atom. The molecular weight excluding hydrogens is 250 g/mol. The average molecular weight is 267 g/mol. The molecule has 2 rings (SSSR count). The van der Waals surface area contributed by atoms with Crippen molar-refractivity contribution in [2.45, 2.75) is 18.9 Å². The van der Waals surface area contributed by atoms with Crippen LogP contribution in [-0.2, 0) is 6.42 Å². The Bertz CT molecular complexity index is 436. The molecule has 2 aromatic rings. The fourth-order valence-electron chi connectivity index (χ4n) is 1.72. The largest absolute Gasteiger partial charge is 0.271 e. The molecule has 0 spiro atoms. The van der Waals surface area contributed by atoms with Crippen LogP contribution in [0.2, 0.25) is 0 Å². The predicted molar refractivity (Wildman–Crippen MR) is 77.4 cm³/mol. The Morgan fingerprint density at radius 2 is 2.29 bits per heavy atom. The number of rotatable bonds is 6. The highest BCUT2D eigenvalue weighted by atomic mass is 32.2. The second kappa shape index (κ2) is 6.35. The molecule has 3 nitrogen and oxygen atoms in total. The summed E-state index contributed by atoms with van der Waals surface area (Å²) in [5.41, 5.74) is 3.97. The molecule has 0 bridgehead atoms. The van der Waals surface area contributed by atoms with Gasteiger partial charge in [-0.2, -0.15) is 11.8 Å². The SMILES string of the molecule is CSCCC(Cc1nc2ccccc2s1)NN. The van der Waals surface area contributed by atoms with Gasteiger partial charge in [0, 0.05) is 12.5 Å². The van der Waals surface area contributed by atoms with Gasteiger partial charge in [0.05, 0.1) is 15.2 Å². The van der Waals surface area contributed by atoms with E-state index in [-0.39, 0.29) is 0 Å². The number of hydrogen-bond donors (Lipinski definition) is 2. The molecule has 0 saturated carbocycles. The van der Waals surface area contributed by atoms with E-state index in [1.165, 1.54) is 4.70 Å². The first-order valence-corrected chi connectivity index (χ1v) is 7.84. The van der Waals surface area contributed by atoms with Crippen molar-refractivity contribution < 1.29 is 0 Å². The molecule has 1 aromatic heterocycles. The maximum atomic E-state index is 5.57. The van der Waals surface area contributed by atoms with Crippen molar-refractivity contribution >= 4 is 33.3 Å². The van der Waals surface area contributed by atoms with Crippen molar-refractivity contribution in [3.05, 3.63) is 29.3 Å². The Labute approximate surface area is 110 Å². The van der Waals surface area contributed by atoms with Gasteiger partial charge in [0.2, 0.25) is 0 Å². The molecule has 5 heteroatoms. The Kier molecular flexibility index (Phi) is 4.79. The molecule has 1 heterocycles. The summed E-state index contributed by atoms with van der Waals surface area (Å²) >= 11 is 3.61. The standard InChI is InChI=1S/C12H17N3S2/c1-16-7-6-9(15-13)8-12-14-10-4-2-3-5-11(10)17-12/h2-5,9,15H,6-8,13H2,1H3. The molecule has 1 unspecified atom stereocenters. The highest BCUT2D eigenvalue weighted by Crippen LogP contribution is 2.22. The van der Waals surface area contributed by atoms with Gasteiger partial charge in [-0.15, -0.1) is 11.3 Å². The number of hydrazine groups is 1. The van der Waals surface area contributed by atoms with Crippen molar-refractivity contribution in [1.29, 1.82) is 0 Å². The van der Waals surface area contributed by atoms with Gasteiger partial charge in [-0.05, 0) is 30.6 Å². The molecule has 0 aliphatic rings. The zero-order valence-electron chi connectivity index (χ0n) is 9.85. The summed E-state index contributed by atoms with van der Waals surface area (Å²) in [5.74, 6) is 6.70. The van der Waals surface area contributed by atoms with Crippen LogP contribution in [0.1, 0.15) is 11.4 Å². The molecule has 3 N–H and O–H groups in total. The summed E-state index contributed by atoms with van der Waals surface area (Å²) in [5, 5.41) is 1.16. The van der Waals surface area contributed by atoms with Gasteiger partial charge in [-0.1, -0.05) is 12.1 Å². The molecule has 1 aromatic carbocycles. The van der Waals surface area contributed by atoms with Gasteiger partial charge in [0.15, 0.2) is 0 Å². The molecule has 0 aliphatic heterocycles. The number of nitrogens with two attached hydrogens (primary N) is 1. The first-order valence-electron chi connectivity index (χ1n) is 5.63. The minimum Gasteiger partial charge on any atom is -0.271 e. The Balaban J connectivity index is 2.06. The summed E-state index contributed by atoms with van der Waals surface area (Å²) in [7, 11) is 0. The summed E-state index contributed by atoms with van der Waals surface area (Å²) in [4.78, 5) is 4.62. The van der Waals surface area contributed by atoms with Crippen LogP contribution in [0.25, 0.3) is 10.2 Å². The Morgan fingerprint density at radius 1 is 1.47 bits per heavy atom. The van der Waals surface area contributed by atoms with Crippen molar-refractivity contribution in [1.82, 2.24) is 10.4 Å². The van der Waals surface area contributed by atoms with E-state index in [0.717, 1.165) is 29.1 Å². The molecule has 0 fully saturated rings. The summed E-state index contributed by atoms with van der Waals surface area (Å²) < 4.78 is 1.25. The number of fused-ring (bicyclic) bond motifs is 1. The van der Waals surface area contributed by atoms with E-state index in [4.69, 9.17) is 5.84 Å². The third-order valence-electron chi connectivity index (χ3n) is 2.67. The van der Waals surface area contributed by atoms with E-state index in [2.05, 4.69) is 34.9 Å². The van der Waals surface area contributed by atoms with Crippen LogP contribution in [0.5, 0.6) is 0 Å². The zero-order valence-corrected chi connectivity index (χ0v) is 11.5. The van der Waals surface area contributed by atoms with E-state index >= 15 is 0 Å². The van der Waals surface area contributed by atoms with E-state index in [9.17, 15) is 0 Å². The van der Waals surface area contributed by atoms with Crippen molar-refractivity contribution in [2.24, 2.45) is 5.84 Å². The van der Waals surface area contributed by atoms with Crippen LogP contribution in [0.15, 0.2) is 24.3 Å². The van der Waals surface area contributed by atoms with Crippen LogP contribution in [-0.4, -0.2) is 23.0 Å². The van der Waals surface area contributed by atoms with Gasteiger partial charge < -0.3 is 0 Å². The number of nitrogens with one attached hydrogen (secondary N) is 1. The third kappa shape index (κ3) is 3.42. The highest BCUT2D eigenvalue weighted by molar-refractivity contribution is 7.98. The van der Waals surface area contributed by atoms with Gasteiger partial charge in [-0.3, -0.25) is 11.3 Å². The number of hydrogen-bond acceptors (Lipinski definition) is 5. The second-order valence-corrected chi connectivity index (χ2v) is 6.03. The van der Waals surface area contributed by atoms with E-state index in [1.807, 2.05) is 17.8 Å². The lowest BCUT2D eigenvalue weighted by Crippen LogP contribution is -2.37. The van der Waals surface area contributed by atoms with E-state index < -0.39 is 0 Å². The molecule has 1 atom stereocenters. The molecular formula is C12H17N3S2. The number of nitrogens with zero attached hydrogens (tertiary/aromatic N) is 1. The normalized spacial score (nSPS) is 13.1. The van der Waals surface area contributed by atoms with Crippen molar-refractivity contribution in [2.75, 3.05) is 12.0 Å². The number of thioether (sulfide) groups is 1. The fraction of sp³-hybridized carbons (Fsp3) is 0.417. The number of para-hydroxylation sites is 1. The highest BCUT2D eigenvalue weighted by Gasteiger charge is 2.10. The van der Waals surface area contributed by atoms with Crippen LogP contribution in [0.4, 0.5) is 0 Å². The van der Waals surface area contributed by atoms with Crippen molar-refractivity contribution in [3.63, 3.8) is 0 Å². The van der Waals surface area contributed by atoms with Crippen LogP contribution in [0.3, 0.4) is 0 Å². The van der Waals surface area contributed by atoms with E-state index in [0.29, 0.717) is 6.04 Å². The zero-order chi connectivity index (χ0) is 12.1. The summed E-state index contributed by atoms with van der Waals surface area (Å²) in [6.07, 6.45) is 4.11. The van der Waals surface area contributed by atoms with Gasteiger partial charge in [0.1, 0.15) is 0 Å². The first-order chi connectivity index (χ1) is 8.33. The lowest BCUT2D eigenvalue weighted by atomic mass is 10.2. The summed E-state index contributed by atoms with van der Waals surface area (Å²) in [6, 6.07) is 8.57. The quantitative estimate of drug-likeness (QED) is 0.623. The molecule has 0 saturated heterocycles. The first kappa shape index (κ1) is 12.8.